The molecule has 20 heavy (non-hydrogen) atoms. The predicted molar refractivity (Wildman–Crippen MR) is 78.4 cm³/mol. The number of ether oxygens (including phenoxy) is 1. The maximum Gasteiger partial charge on any atom is 0.248 e. The molecule has 0 aromatic rings. The predicted octanol–water partition coefficient (Wildman–Crippen LogP) is 1.71. The molecule has 0 bridgehead atoms. The maximum absolute atomic E-state index is 12.7. The first kappa shape index (κ1) is 17.0. The van der Waals surface area contributed by atoms with Gasteiger partial charge in [-0.15, -0.1) is 0 Å². The summed E-state index contributed by atoms with van der Waals surface area (Å²) >= 11 is 0. The molecule has 116 valence electrons. The lowest BCUT2D eigenvalue weighted by molar-refractivity contribution is -0.162. The number of piperazine rings is 1. The van der Waals surface area contributed by atoms with E-state index in [2.05, 4.69) is 5.32 Å². The lowest BCUT2D eigenvalue weighted by Crippen LogP contribution is -2.73. The van der Waals surface area contributed by atoms with Gasteiger partial charge in [0.05, 0.1) is 0 Å². The molecular weight excluding hydrogens is 256 g/mol. The quantitative estimate of drug-likeness (QED) is 0.724. The third-order valence-electron chi connectivity index (χ3n) is 4.57. The van der Waals surface area contributed by atoms with E-state index in [1.807, 2.05) is 27.7 Å². The average molecular weight is 284 g/mol. The third kappa shape index (κ3) is 2.97. The summed E-state index contributed by atoms with van der Waals surface area (Å²) in [5, 5.41) is 2.91. The summed E-state index contributed by atoms with van der Waals surface area (Å²) in [6.45, 7) is 8.83. The van der Waals surface area contributed by atoms with E-state index in [1.54, 1.807) is 12.0 Å². The van der Waals surface area contributed by atoms with E-state index in [9.17, 15) is 9.59 Å². The van der Waals surface area contributed by atoms with Crippen LogP contribution in [0.3, 0.4) is 0 Å². The van der Waals surface area contributed by atoms with Gasteiger partial charge in [-0.05, 0) is 39.5 Å². The Labute approximate surface area is 122 Å². The van der Waals surface area contributed by atoms with Crippen LogP contribution in [-0.2, 0) is 14.3 Å². The van der Waals surface area contributed by atoms with Crippen molar-refractivity contribution in [3.05, 3.63) is 0 Å². The highest BCUT2D eigenvalue weighted by molar-refractivity contribution is 6.01. The molecule has 0 aromatic carbocycles. The summed E-state index contributed by atoms with van der Waals surface area (Å²) < 4.78 is 5.04. The SMILES string of the molecule is CCC1(C)NC(=O)C(C)(CC)N(CCCCOC)C1=O. The first-order valence-electron chi connectivity index (χ1n) is 7.49. The number of rotatable bonds is 7. The molecule has 2 unspecified atom stereocenters. The van der Waals surface area contributed by atoms with Crippen molar-refractivity contribution in [2.24, 2.45) is 0 Å². The second kappa shape index (κ2) is 6.57. The van der Waals surface area contributed by atoms with Crippen LogP contribution < -0.4 is 5.32 Å². The summed E-state index contributed by atoms with van der Waals surface area (Å²) in [6.07, 6.45) is 2.97. The van der Waals surface area contributed by atoms with Gasteiger partial charge in [0, 0.05) is 20.3 Å². The van der Waals surface area contributed by atoms with Crippen molar-refractivity contribution in [2.45, 2.75) is 64.5 Å². The van der Waals surface area contributed by atoms with Crippen molar-refractivity contribution in [3.63, 3.8) is 0 Å². The molecule has 0 saturated carbocycles. The smallest absolute Gasteiger partial charge is 0.248 e. The molecule has 0 aliphatic carbocycles. The molecule has 1 aliphatic rings. The summed E-state index contributed by atoms with van der Waals surface area (Å²) in [7, 11) is 1.67. The number of amides is 2. The molecule has 1 rings (SSSR count). The van der Waals surface area contributed by atoms with Crippen molar-refractivity contribution >= 4 is 11.8 Å². The summed E-state index contributed by atoms with van der Waals surface area (Å²) in [5.74, 6) is -0.0166. The van der Waals surface area contributed by atoms with Crippen LogP contribution in [0.1, 0.15) is 53.4 Å². The van der Waals surface area contributed by atoms with Gasteiger partial charge in [-0.2, -0.15) is 0 Å². The van der Waals surface area contributed by atoms with E-state index in [0.717, 1.165) is 12.8 Å². The molecule has 0 spiro atoms. The zero-order valence-corrected chi connectivity index (χ0v) is 13.4. The Morgan fingerprint density at radius 1 is 1.15 bits per heavy atom. The molecule has 1 saturated heterocycles. The number of unbranched alkanes of at least 4 members (excludes halogenated alkanes) is 1. The van der Waals surface area contributed by atoms with Crippen molar-refractivity contribution in [2.75, 3.05) is 20.3 Å². The number of carbonyl (C=O) groups excluding carboxylic acids is 2. The van der Waals surface area contributed by atoms with Gasteiger partial charge in [0.25, 0.3) is 0 Å². The third-order valence-corrected chi connectivity index (χ3v) is 4.57. The molecule has 5 nitrogen and oxygen atoms in total. The maximum atomic E-state index is 12.7. The Hall–Kier alpha value is -1.10. The minimum Gasteiger partial charge on any atom is -0.385 e. The zero-order valence-electron chi connectivity index (χ0n) is 13.4. The molecule has 1 fully saturated rings. The highest BCUT2D eigenvalue weighted by atomic mass is 16.5. The fraction of sp³-hybridized carbons (Fsp3) is 0.867. The first-order valence-corrected chi connectivity index (χ1v) is 7.49. The molecule has 0 radical (unpaired) electrons. The number of carbonyl (C=O) groups is 2. The van der Waals surface area contributed by atoms with Crippen molar-refractivity contribution in [3.8, 4) is 0 Å². The minimum absolute atomic E-state index is 0.0290. The van der Waals surface area contributed by atoms with Crippen LogP contribution >= 0.6 is 0 Å². The Kier molecular flexibility index (Phi) is 5.57. The lowest BCUT2D eigenvalue weighted by Gasteiger charge is -2.50. The molecule has 2 amide bonds. The lowest BCUT2D eigenvalue weighted by atomic mass is 9.84. The topological polar surface area (TPSA) is 58.6 Å². The summed E-state index contributed by atoms with van der Waals surface area (Å²) in [6, 6.07) is 0. The fourth-order valence-corrected chi connectivity index (χ4v) is 2.54. The Morgan fingerprint density at radius 2 is 1.80 bits per heavy atom. The van der Waals surface area contributed by atoms with Gasteiger partial charge in [-0.25, -0.2) is 0 Å². The first-order chi connectivity index (χ1) is 9.35. The minimum atomic E-state index is -0.771. The largest absolute Gasteiger partial charge is 0.385 e. The van der Waals surface area contributed by atoms with Crippen molar-refractivity contribution in [1.29, 1.82) is 0 Å². The molecule has 0 aromatic heterocycles. The summed E-state index contributed by atoms with van der Waals surface area (Å²) in [4.78, 5) is 26.9. The number of nitrogens with one attached hydrogen (secondary N) is 1. The standard InChI is InChI=1S/C15H28N2O3/c1-6-14(3)13(19)17(10-8-9-11-20-5)15(4,7-2)12(18)16-14/h6-11H2,1-5H3,(H,16,18). The highest BCUT2D eigenvalue weighted by Gasteiger charge is 2.52. The van der Waals surface area contributed by atoms with Gasteiger partial charge < -0.3 is 15.0 Å². The fourth-order valence-electron chi connectivity index (χ4n) is 2.54. The highest BCUT2D eigenvalue weighted by Crippen LogP contribution is 2.30. The van der Waals surface area contributed by atoms with Crippen LogP contribution in [0.15, 0.2) is 0 Å². The molecule has 1 aliphatic heterocycles. The van der Waals surface area contributed by atoms with Gasteiger partial charge in [0.2, 0.25) is 11.8 Å². The van der Waals surface area contributed by atoms with Crippen LogP contribution in [0.25, 0.3) is 0 Å². The van der Waals surface area contributed by atoms with Crippen LogP contribution in [0.5, 0.6) is 0 Å². The Bertz CT molecular complexity index is 372. The monoisotopic (exact) mass is 284 g/mol. The van der Waals surface area contributed by atoms with E-state index in [4.69, 9.17) is 4.74 Å². The Morgan fingerprint density at radius 3 is 2.30 bits per heavy atom. The number of methoxy groups -OCH3 is 1. The average Bonchev–Trinajstić information content (AvgIpc) is 2.44. The van der Waals surface area contributed by atoms with Gasteiger partial charge in [0.15, 0.2) is 0 Å². The van der Waals surface area contributed by atoms with E-state index >= 15 is 0 Å². The normalized spacial score (nSPS) is 30.6. The summed E-state index contributed by atoms with van der Waals surface area (Å²) in [5.41, 5.74) is -1.51. The van der Waals surface area contributed by atoms with Crippen LogP contribution in [0, 0.1) is 0 Å². The molecule has 1 N–H and O–H groups in total. The molecule has 2 atom stereocenters. The van der Waals surface area contributed by atoms with Crippen LogP contribution in [-0.4, -0.2) is 48.1 Å². The number of hydrogen-bond acceptors (Lipinski definition) is 3. The zero-order chi connectivity index (χ0) is 15.4. The molecule has 5 heteroatoms. The van der Waals surface area contributed by atoms with Crippen LogP contribution in [0.2, 0.25) is 0 Å². The van der Waals surface area contributed by atoms with E-state index in [1.165, 1.54) is 0 Å². The van der Waals surface area contributed by atoms with Gasteiger partial charge in [-0.1, -0.05) is 13.8 Å². The van der Waals surface area contributed by atoms with E-state index in [-0.39, 0.29) is 11.8 Å². The van der Waals surface area contributed by atoms with Gasteiger partial charge >= 0.3 is 0 Å². The second-order valence-electron chi connectivity index (χ2n) is 5.92. The van der Waals surface area contributed by atoms with Gasteiger partial charge in [0.1, 0.15) is 11.1 Å². The van der Waals surface area contributed by atoms with Gasteiger partial charge in [-0.3, -0.25) is 9.59 Å². The van der Waals surface area contributed by atoms with Crippen molar-refractivity contribution < 1.29 is 14.3 Å². The van der Waals surface area contributed by atoms with E-state index in [0.29, 0.717) is 26.0 Å². The second-order valence-corrected chi connectivity index (χ2v) is 5.92. The van der Waals surface area contributed by atoms with Crippen molar-refractivity contribution in [1.82, 2.24) is 10.2 Å². The Balaban J connectivity index is 2.91. The molecule has 1 heterocycles. The number of nitrogens with zero attached hydrogens (tertiary/aromatic N) is 1. The number of hydrogen-bond donors (Lipinski definition) is 1. The van der Waals surface area contributed by atoms with Crippen LogP contribution in [0.4, 0.5) is 0 Å². The molecular formula is C15H28N2O3. The van der Waals surface area contributed by atoms with E-state index < -0.39 is 11.1 Å².